The van der Waals surface area contributed by atoms with E-state index in [0.29, 0.717) is 18.8 Å². The maximum Gasteiger partial charge on any atom is 0.260 e. The van der Waals surface area contributed by atoms with Crippen LogP contribution in [0.4, 0.5) is 15.8 Å². The number of thiocarbonyl (C=S) groups is 1. The summed E-state index contributed by atoms with van der Waals surface area (Å²) in [6, 6.07) is 12.9. The second-order valence-electron chi connectivity index (χ2n) is 6.75. The summed E-state index contributed by atoms with van der Waals surface area (Å²) in [6.07, 6.45) is 0. The summed E-state index contributed by atoms with van der Waals surface area (Å²) in [4.78, 5) is 27.6. The highest BCUT2D eigenvalue weighted by Crippen LogP contribution is 2.19. The highest BCUT2D eigenvalue weighted by molar-refractivity contribution is 7.80. The number of carbonyl (C=O) groups is 2. The first-order chi connectivity index (χ1) is 14.4. The number of amides is 2. The minimum Gasteiger partial charge on any atom is -0.368 e. The Labute approximate surface area is 179 Å². The Hall–Kier alpha value is -3.51. The summed E-state index contributed by atoms with van der Waals surface area (Å²) < 4.78 is 14.0. The lowest BCUT2D eigenvalue weighted by molar-refractivity contribution is -0.129. The molecule has 0 bridgehead atoms. The number of piperazine rings is 1. The summed E-state index contributed by atoms with van der Waals surface area (Å²) in [6.45, 7) is 4.48. The average Bonchev–Trinajstić information content (AvgIpc) is 2.74. The minimum atomic E-state index is -0.788. The molecule has 1 aliphatic heterocycles. The molecule has 2 N–H and O–H groups in total. The Morgan fingerprint density at radius 3 is 2.33 bits per heavy atom. The molecule has 30 heavy (non-hydrogen) atoms. The third kappa shape index (κ3) is 5.10. The fraction of sp³-hybridized carbons (Fsp3) is 0.238. The monoisotopic (exact) mass is 425 g/mol. The van der Waals surface area contributed by atoms with E-state index in [-0.39, 0.29) is 22.1 Å². The second kappa shape index (κ2) is 9.33. The van der Waals surface area contributed by atoms with Crippen molar-refractivity contribution in [2.24, 2.45) is 0 Å². The molecule has 0 unspecified atom stereocenters. The number of nitriles is 1. The normalized spacial score (nSPS) is 13.4. The lowest BCUT2D eigenvalue weighted by Crippen LogP contribution is -2.48. The van der Waals surface area contributed by atoms with Gasteiger partial charge in [-0.05, 0) is 54.7 Å². The largest absolute Gasteiger partial charge is 0.368 e. The van der Waals surface area contributed by atoms with Crippen LogP contribution >= 0.6 is 12.2 Å². The Balaban J connectivity index is 1.55. The highest BCUT2D eigenvalue weighted by atomic mass is 32.1. The van der Waals surface area contributed by atoms with Gasteiger partial charge in [0.1, 0.15) is 5.82 Å². The molecule has 154 valence electrons. The second-order valence-corrected chi connectivity index (χ2v) is 7.16. The van der Waals surface area contributed by atoms with Gasteiger partial charge in [-0.1, -0.05) is 0 Å². The van der Waals surface area contributed by atoms with Gasteiger partial charge in [0.2, 0.25) is 5.91 Å². The van der Waals surface area contributed by atoms with Crippen LogP contribution in [0, 0.1) is 17.1 Å². The zero-order valence-electron chi connectivity index (χ0n) is 16.3. The number of carbonyl (C=O) groups excluding carboxylic acids is 2. The van der Waals surface area contributed by atoms with Crippen molar-refractivity contribution in [3.8, 4) is 6.07 Å². The molecule has 0 saturated carbocycles. The van der Waals surface area contributed by atoms with Crippen molar-refractivity contribution in [2.45, 2.75) is 6.92 Å². The Bertz CT molecular complexity index is 1010. The summed E-state index contributed by atoms with van der Waals surface area (Å²) in [7, 11) is 0. The maximum atomic E-state index is 14.0. The number of benzene rings is 2. The van der Waals surface area contributed by atoms with Crippen LogP contribution < -0.4 is 15.5 Å². The van der Waals surface area contributed by atoms with Crippen molar-refractivity contribution in [2.75, 3.05) is 36.4 Å². The number of nitrogens with one attached hydrogen (secondary N) is 2. The molecule has 9 heteroatoms. The first kappa shape index (κ1) is 21.2. The van der Waals surface area contributed by atoms with E-state index in [1.54, 1.807) is 6.92 Å². The van der Waals surface area contributed by atoms with E-state index < -0.39 is 11.7 Å². The molecule has 3 rings (SSSR count). The molecule has 2 amide bonds. The smallest absolute Gasteiger partial charge is 0.260 e. The average molecular weight is 425 g/mol. The van der Waals surface area contributed by atoms with Crippen LogP contribution in [-0.4, -0.2) is 48.0 Å². The highest BCUT2D eigenvalue weighted by Gasteiger charge is 2.19. The number of nitrogens with zero attached hydrogens (tertiary/aromatic N) is 3. The Kier molecular flexibility index (Phi) is 6.59. The van der Waals surface area contributed by atoms with E-state index in [4.69, 9.17) is 17.5 Å². The van der Waals surface area contributed by atoms with E-state index in [0.717, 1.165) is 24.8 Å². The molecule has 0 radical (unpaired) electrons. The quantitative estimate of drug-likeness (QED) is 0.735. The fourth-order valence-electron chi connectivity index (χ4n) is 3.14. The molecule has 1 aliphatic rings. The molecule has 1 fully saturated rings. The number of hydrogen-bond acceptors (Lipinski definition) is 5. The van der Waals surface area contributed by atoms with Crippen molar-refractivity contribution in [3.05, 3.63) is 59.4 Å². The third-order valence-corrected chi connectivity index (χ3v) is 4.99. The van der Waals surface area contributed by atoms with Gasteiger partial charge in [0, 0.05) is 44.5 Å². The van der Waals surface area contributed by atoms with Crippen molar-refractivity contribution >= 4 is 40.5 Å². The molecule has 2 aromatic carbocycles. The zero-order chi connectivity index (χ0) is 21.7. The van der Waals surface area contributed by atoms with Gasteiger partial charge in [0.25, 0.3) is 5.91 Å². The lowest BCUT2D eigenvalue weighted by atomic mass is 10.1. The molecule has 0 aliphatic carbocycles. The van der Waals surface area contributed by atoms with Crippen LogP contribution in [-0.2, 0) is 4.79 Å². The lowest BCUT2D eigenvalue weighted by Gasteiger charge is -2.35. The van der Waals surface area contributed by atoms with E-state index in [2.05, 4.69) is 15.5 Å². The van der Waals surface area contributed by atoms with Crippen molar-refractivity contribution < 1.29 is 14.0 Å². The van der Waals surface area contributed by atoms with Gasteiger partial charge in [0.05, 0.1) is 17.2 Å². The number of anilines is 2. The first-order valence-electron chi connectivity index (χ1n) is 9.30. The Morgan fingerprint density at radius 1 is 1.10 bits per heavy atom. The maximum absolute atomic E-state index is 14.0. The predicted octanol–water partition coefficient (Wildman–Crippen LogP) is 2.49. The molecule has 2 aromatic rings. The summed E-state index contributed by atoms with van der Waals surface area (Å²) in [5.74, 6) is -1.40. The molecule has 1 heterocycles. The van der Waals surface area contributed by atoms with E-state index in [1.807, 2.05) is 35.2 Å². The number of rotatable bonds is 3. The standard InChI is InChI=1S/C21H20FN5O2S/c1-14(28)26-8-10-27(11-9-26)17-5-3-16(4-6-17)24-21(30)25-20(29)18-7-2-15(13-23)12-19(18)22/h2-7,12H,8-11H2,1H3,(H2,24,25,29,30). The molecule has 7 nitrogen and oxygen atoms in total. The van der Waals surface area contributed by atoms with Gasteiger partial charge in [-0.15, -0.1) is 0 Å². The van der Waals surface area contributed by atoms with E-state index in [9.17, 15) is 14.0 Å². The Morgan fingerprint density at radius 2 is 1.77 bits per heavy atom. The van der Waals surface area contributed by atoms with Crippen LogP contribution in [0.1, 0.15) is 22.8 Å². The van der Waals surface area contributed by atoms with Gasteiger partial charge in [-0.3, -0.25) is 14.9 Å². The van der Waals surface area contributed by atoms with E-state index >= 15 is 0 Å². The van der Waals surface area contributed by atoms with Crippen LogP contribution in [0.5, 0.6) is 0 Å². The van der Waals surface area contributed by atoms with Crippen LogP contribution in [0.3, 0.4) is 0 Å². The van der Waals surface area contributed by atoms with Crippen molar-refractivity contribution in [3.63, 3.8) is 0 Å². The SMILES string of the molecule is CC(=O)N1CCN(c2ccc(NC(=S)NC(=O)c3ccc(C#N)cc3F)cc2)CC1. The number of hydrogen-bond donors (Lipinski definition) is 2. The predicted molar refractivity (Wildman–Crippen MR) is 116 cm³/mol. The molecule has 0 spiro atoms. The van der Waals surface area contributed by atoms with Crippen molar-refractivity contribution in [1.29, 1.82) is 5.26 Å². The van der Waals surface area contributed by atoms with Crippen molar-refractivity contribution in [1.82, 2.24) is 10.2 Å². The first-order valence-corrected chi connectivity index (χ1v) is 9.70. The minimum absolute atomic E-state index is 0.0339. The topological polar surface area (TPSA) is 88.5 Å². The summed E-state index contributed by atoms with van der Waals surface area (Å²) in [5.41, 5.74) is 1.64. The van der Waals surface area contributed by atoms with Gasteiger partial charge in [0.15, 0.2) is 5.11 Å². The zero-order valence-corrected chi connectivity index (χ0v) is 17.1. The summed E-state index contributed by atoms with van der Waals surface area (Å²) >= 11 is 5.13. The number of halogens is 1. The molecular weight excluding hydrogens is 405 g/mol. The van der Waals surface area contributed by atoms with Gasteiger partial charge in [-0.25, -0.2) is 4.39 Å². The van der Waals surface area contributed by atoms with Gasteiger partial charge < -0.3 is 15.1 Å². The van der Waals surface area contributed by atoms with E-state index in [1.165, 1.54) is 12.1 Å². The van der Waals surface area contributed by atoms with Gasteiger partial charge >= 0.3 is 0 Å². The third-order valence-electron chi connectivity index (χ3n) is 4.79. The molecule has 0 aromatic heterocycles. The molecule has 1 saturated heterocycles. The molecule has 0 atom stereocenters. The van der Waals surface area contributed by atoms with Crippen LogP contribution in [0.25, 0.3) is 0 Å². The van der Waals surface area contributed by atoms with Gasteiger partial charge in [-0.2, -0.15) is 5.26 Å². The van der Waals surface area contributed by atoms with Crippen LogP contribution in [0.15, 0.2) is 42.5 Å². The van der Waals surface area contributed by atoms with Crippen LogP contribution in [0.2, 0.25) is 0 Å². The summed E-state index contributed by atoms with van der Waals surface area (Å²) in [5, 5.41) is 14.1. The molecular formula is C21H20FN5O2S. The fourth-order valence-corrected chi connectivity index (χ4v) is 3.35.